The number of pyridine rings is 1. The summed E-state index contributed by atoms with van der Waals surface area (Å²) in [5.74, 6) is 0.420. The summed E-state index contributed by atoms with van der Waals surface area (Å²) in [4.78, 5) is 40.5. The molecule has 2 aromatic heterocycles. The molecule has 0 saturated carbocycles. The van der Waals surface area contributed by atoms with E-state index in [-0.39, 0.29) is 51.0 Å². The first-order valence-corrected chi connectivity index (χ1v) is 19.7. The largest absolute Gasteiger partial charge is 0.444 e. The molecule has 2 atom stereocenters. The van der Waals surface area contributed by atoms with Crippen molar-refractivity contribution in [3.8, 4) is 5.69 Å². The minimum absolute atomic E-state index is 0.0209. The van der Waals surface area contributed by atoms with Gasteiger partial charge in [-0.15, -0.1) is 0 Å². The third kappa shape index (κ3) is 7.36. The maximum atomic E-state index is 14.1. The van der Waals surface area contributed by atoms with Crippen molar-refractivity contribution in [1.82, 2.24) is 19.4 Å². The van der Waals surface area contributed by atoms with Crippen LogP contribution in [0, 0.1) is 0 Å². The summed E-state index contributed by atoms with van der Waals surface area (Å²) in [6, 6.07) is 6.92. The van der Waals surface area contributed by atoms with Gasteiger partial charge in [-0.2, -0.15) is 4.98 Å². The van der Waals surface area contributed by atoms with Gasteiger partial charge in [-0.1, -0.05) is 87.6 Å². The zero-order valence-electron chi connectivity index (χ0n) is 28.7. The maximum Gasteiger partial charge on any atom is 0.410 e. The number of carbonyl (C=O) groups excluding carboxylic acids is 1. The van der Waals surface area contributed by atoms with Gasteiger partial charge in [0.05, 0.1) is 33.8 Å². The van der Waals surface area contributed by atoms with Crippen molar-refractivity contribution in [3.63, 3.8) is 0 Å². The molecule has 1 aliphatic heterocycles. The Morgan fingerprint density at radius 1 is 1.02 bits per heavy atom. The Kier molecular flexibility index (Phi) is 10.5. The predicted octanol–water partition coefficient (Wildman–Crippen LogP) is 8.70. The van der Waals surface area contributed by atoms with Crippen LogP contribution in [0.5, 0.6) is 0 Å². The number of aromatic nitrogens is 3. The topological polar surface area (TPSA) is 89.8 Å². The summed E-state index contributed by atoms with van der Waals surface area (Å²) in [5.41, 5.74) is 0.613. The summed E-state index contributed by atoms with van der Waals surface area (Å²) >= 11 is 20.1. The lowest BCUT2D eigenvalue weighted by atomic mass is 10.0. The lowest BCUT2D eigenvalue weighted by Crippen LogP contribution is -2.62. The molecule has 0 aliphatic carbocycles. The lowest BCUT2D eigenvalue weighted by Gasteiger charge is -2.47. The zero-order chi connectivity index (χ0) is 34.5. The fourth-order valence-electron chi connectivity index (χ4n) is 5.28. The lowest BCUT2D eigenvalue weighted by molar-refractivity contribution is 0.0105. The molecule has 0 radical (unpaired) electrons. The Bertz CT molecular complexity index is 1680. The SMILES string of the molecule is CC(C)c1ccccc1-n1c(=O)nc(N2C[C@@H](C)N(C(=O)OC(C)(C)C)C[C@H]2CO[Si](C)(C)C(C)(C)C)c2c(Cl)c(Cl)c(Cl)nc21. The number of anilines is 1. The number of carbonyl (C=O) groups is 1. The second-order valence-corrected chi connectivity index (χ2v) is 20.8. The van der Waals surface area contributed by atoms with Gasteiger partial charge in [-0.05, 0) is 63.4 Å². The van der Waals surface area contributed by atoms with E-state index in [4.69, 9.17) is 44.0 Å². The van der Waals surface area contributed by atoms with Crippen molar-refractivity contribution in [2.45, 2.75) is 104 Å². The highest BCUT2D eigenvalue weighted by molar-refractivity contribution is 6.74. The third-order valence-electron chi connectivity index (χ3n) is 8.83. The van der Waals surface area contributed by atoms with E-state index in [1.54, 1.807) is 4.90 Å². The molecule has 1 fully saturated rings. The highest BCUT2D eigenvalue weighted by Crippen LogP contribution is 2.41. The van der Waals surface area contributed by atoms with Gasteiger partial charge < -0.3 is 19.0 Å². The van der Waals surface area contributed by atoms with Crippen LogP contribution in [-0.2, 0) is 9.16 Å². The quantitative estimate of drug-likeness (QED) is 0.187. The fourth-order valence-corrected chi connectivity index (χ4v) is 6.94. The van der Waals surface area contributed by atoms with E-state index < -0.39 is 31.7 Å². The second kappa shape index (κ2) is 13.3. The monoisotopic (exact) mass is 709 g/mol. The van der Waals surface area contributed by atoms with Gasteiger partial charge in [0.25, 0.3) is 0 Å². The average molecular weight is 711 g/mol. The van der Waals surface area contributed by atoms with E-state index in [9.17, 15) is 9.59 Å². The van der Waals surface area contributed by atoms with Gasteiger partial charge >= 0.3 is 11.8 Å². The number of benzene rings is 1. The first-order chi connectivity index (χ1) is 21.1. The molecule has 46 heavy (non-hydrogen) atoms. The maximum absolute atomic E-state index is 14.1. The van der Waals surface area contributed by atoms with E-state index in [0.29, 0.717) is 23.4 Å². The minimum Gasteiger partial charge on any atom is -0.444 e. The molecular formula is C33H46Cl3N5O4Si. The molecule has 1 saturated heterocycles. The van der Waals surface area contributed by atoms with E-state index in [0.717, 1.165) is 5.56 Å². The Balaban J connectivity index is 1.95. The number of halogens is 3. The number of amides is 1. The number of fused-ring (bicyclic) bond motifs is 1. The molecule has 3 aromatic rings. The Hall–Kier alpha value is -2.37. The molecule has 0 N–H and O–H groups in total. The van der Waals surface area contributed by atoms with E-state index in [2.05, 4.69) is 57.7 Å². The summed E-state index contributed by atoms with van der Waals surface area (Å²) in [6.07, 6.45) is -0.412. The molecular weight excluding hydrogens is 665 g/mol. The van der Waals surface area contributed by atoms with Crippen LogP contribution in [0.1, 0.15) is 73.8 Å². The van der Waals surface area contributed by atoms with Crippen molar-refractivity contribution in [2.75, 3.05) is 24.6 Å². The number of hydrogen-bond donors (Lipinski definition) is 0. The Morgan fingerprint density at radius 3 is 2.24 bits per heavy atom. The number of nitrogens with zero attached hydrogens (tertiary/aromatic N) is 5. The molecule has 0 unspecified atom stereocenters. The molecule has 1 aromatic carbocycles. The van der Waals surface area contributed by atoms with E-state index >= 15 is 0 Å². The van der Waals surface area contributed by atoms with Gasteiger partial charge in [0.1, 0.15) is 11.4 Å². The van der Waals surface area contributed by atoms with Gasteiger partial charge in [0.2, 0.25) is 0 Å². The number of para-hydroxylation sites is 1. The summed E-state index contributed by atoms with van der Waals surface area (Å²) in [7, 11) is -2.21. The summed E-state index contributed by atoms with van der Waals surface area (Å²) < 4.78 is 13.9. The number of piperazine rings is 1. The van der Waals surface area contributed by atoms with E-state index in [1.165, 1.54) is 4.57 Å². The molecule has 0 spiro atoms. The van der Waals surface area contributed by atoms with Crippen LogP contribution in [-0.4, -0.2) is 71.2 Å². The highest BCUT2D eigenvalue weighted by Gasteiger charge is 2.42. The molecule has 4 rings (SSSR count). The van der Waals surface area contributed by atoms with Gasteiger partial charge in [0, 0.05) is 19.1 Å². The van der Waals surface area contributed by atoms with Crippen molar-refractivity contribution in [3.05, 3.63) is 55.5 Å². The average Bonchev–Trinajstić information content (AvgIpc) is 2.93. The van der Waals surface area contributed by atoms with Gasteiger partial charge in [-0.25, -0.2) is 19.1 Å². The first kappa shape index (κ1) is 36.5. The smallest absolute Gasteiger partial charge is 0.410 e. The standard InChI is InChI=1S/C33H46Cl3N5O4Si/c1-19(2)22-14-12-13-15-23(22)41-29-24(25(34)26(35)27(36)37-29)28(38-30(41)42)40-16-20(3)39(31(43)45-32(4,5)6)17-21(40)18-44-46(10,11)33(7,8)9/h12-15,19-21H,16-18H2,1-11H3/t20-,21+/m1/s1. The zero-order valence-corrected chi connectivity index (χ0v) is 31.9. The van der Waals surface area contributed by atoms with Crippen molar-refractivity contribution in [2.24, 2.45) is 0 Å². The number of rotatable bonds is 6. The van der Waals surface area contributed by atoms with Crippen molar-refractivity contribution >= 4 is 66.1 Å². The van der Waals surface area contributed by atoms with Gasteiger partial charge in [-0.3, -0.25) is 0 Å². The first-order valence-electron chi connectivity index (χ1n) is 15.6. The van der Waals surface area contributed by atoms with Crippen LogP contribution >= 0.6 is 34.8 Å². The van der Waals surface area contributed by atoms with Crippen LogP contribution in [0.3, 0.4) is 0 Å². The fraction of sp³-hybridized carbons (Fsp3) is 0.576. The summed E-state index contributed by atoms with van der Waals surface area (Å²) in [6.45, 7) is 23.3. The Morgan fingerprint density at radius 2 is 1.65 bits per heavy atom. The van der Waals surface area contributed by atoms with E-state index in [1.807, 2.05) is 56.9 Å². The van der Waals surface area contributed by atoms with Crippen LogP contribution in [0.25, 0.3) is 16.7 Å². The second-order valence-electron chi connectivity index (χ2n) is 14.9. The van der Waals surface area contributed by atoms with Crippen molar-refractivity contribution in [1.29, 1.82) is 0 Å². The number of hydrogen-bond acceptors (Lipinski definition) is 7. The summed E-state index contributed by atoms with van der Waals surface area (Å²) in [5, 5.41) is 0.533. The molecule has 13 heteroatoms. The van der Waals surface area contributed by atoms with Crippen LogP contribution in [0.15, 0.2) is 29.1 Å². The predicted molar refractivity (Wildman–Crippen MR) is 191 cm³/mol. The highest BCUT2D eigenvalue weighted by atomic mass is 35.5. The number of ether oxygens (including phenoxy) is 1. The van der Waals surface area contributed by atoms with Gasteiger partial charge in [0.15, 0.2) is 19.1 Å². The molecule has 0 bridgehead atoms. The van der Waals surface area contributed by atoms with Crippen LogP contribution < -0.4 is 10.6 Å². The molecule has 3 heterocycles. The Labute approximate surface area is 288 Å². The third-order valence-corrected chi connectivity index (χ3v) is 14.5. The molecule has 9 nitrogen and oxygen atoms in total. The normalized spacial score (nSPS) is 18.1. The van der Waals surface area contributed by atoms with Crippen LogP contribution in [0.2, 0.25) is 33.3 Å². The minimum atomic E-state index is -2.21. The molecule has 252 valence electrons. The van der Waals surface area contributed by atoms with Crippen molar-refractivity contribution < 1.29 is 14.0 Å². The molecule has 1 aliphatic rings. The van der Waals surface area contributed by atoms with Crippen LogP contribution in [0.4, 0.5) is 10.6 Å². The molecule has 1 amide bonds.